The highest BCUT2D eigenvalue weighted by molar-refractivity contribution is 7.80. The molecule has 4 aliphatic carbocycles. The van der Waals surface area contributed by atoms with Crippen LogP contribution in [0.3, 0.4) is 0 Å². The SMILES string of the molecule is O=C(NNC(=S)NC1C2CC3CC(C2)CC1C3)c1ccc([N+](=O)[O-])cc1. The summed E-state index contributed by atoms with van der Waals surface area (Å²) in [5, 5.41) is 14.5. The molecule has 0 spiro atoms. The Hall–Kier alpha value is -2.22. The van der Waals surface area contributed by atoms with Gasteiger partial charge in [0.2, 0.25) is 0 Å². The number of nitro benzene ring substituents is 1. The van der Waals surface area contributed by atoms with Crippen molar-refractivity contribution in [3.05, 3.63) is 39.9 Å². The van der Waals surface area contributed by atoms with E-state index < -0.39 is 4.92 Å². The van der Waals surface area contributed by atoms with Gasteiger partial charge >= 0.3 is 0 Å². The molecule has 0 aliphatic heterocycles. The number of nitro groups is 1. The summed E-state index contributed by atoms with van der Waals surface area (Å²) in [4.78, 5) is 22.3. The van der Waals surface area contributed by atoms with Gasteiger partial charge in [-0.1, -0.05) is 0 Å². The maximum atomic E-state index is 12.1. The fourth-order valence-corrected chi connectivity index (χ4v) is 5.46. The van der Waals surface area contributed by atoms with E-state index in [1.165, 1.54) is 56.4 Å². The zero-order chi connectivity index (χ0) is 18.3. The zero-order valence-electron chi connectivity index (χ0n) is 14.3. The van der Waals surface area contributed by atoms with E-state index in [1.54, 1.807) is 0 Å². The molecule has 4 saturated carbocycles. The fourth-order valence-electron chi connectivity index (χ4n) is 5.27. The van der Waals surface area contributed by atoms with E-state index in [9.17, 15) is 14.9 Å². The lowest BCUT2D eigenvalue weighted by molar-refractivity contribution is -0.384. The van der Waals surface area contributed by atoms with E-state index in [1.807, 2.05) is 0 Å². The number of hydrogen-bond acceptors (Lipinski definition) is 4. The molecule has 8 heteroatoms. The van der Waals surface area contributed by atoms with E-state index in [-0.39, 0.29) is 11.6 Å². The summed E-state index contributed by atoms with van der Waals surface area (Å²) in [6.07, 6.45) is 6.59. The van der Waals surface area contributed by atoms with E-state index >= 15 is 0 Å². The van der Waals surface area contributed by atoms with Gasteiger partial charge in [-0.3, -0.25) is 25.8 Å². The third-order valence-corrected chi connectivity index (χ3v) is 6.37. The molecular weight excluding hydrogens is 352 g/mol. The maximum absolute atomic E-state index is 12.1. The Morgan fingerprint density at radius 1 is 1.00 bits per heavy atom. The van der Waals surface area contributed by atoms with E-state index in [4.69, 9.17) is 12.2 Å². The van der Waals surface area contributed by atoms with Crippen molar-refractivity contribution in [1.29, 1.82) is 0 Å². The number of hydrogen-bond donors (Lipinski definition) is 3. The standard InChI is InChI=1S/C18H22N4O3S/c23-17(12-1-3-15(4-2-12)22(24)25)20-21-18(26)19-16-13-6-10-5-11(8-13)9-14(16)7-10/h1-4,10-11,13-14,16H,5-9H2,(H,20,23)(H2,19,21,26). The largest absolute Gasteiger partial charge is 0.358 e. The first-order chi connectivity index (χ1) is 12.5. The number of thiocarbonyl (C=S) groups is 1. The van der Waals surface area contributed by atoms with Crippen LogP contribution in [-0.2, 0) is 0 Å². The van der Waals surface area contributed by atoms with Gasteiger partial charge in [-0.25, -0.2) is 0 Å². The summed E-state index contributed by atoms with van der Waals surface area (Å²) >= 11 is 5.35. The van der Waals surface area contributed by atoms with Crippen LogP contribution in [0, 0.1) is 33.8 Å². The van der Waals surface area contributed by atoms with Crippen molar-refractivity contribution in [2.75, 3.05) is 0 Å². The van der Waals surface area contributed by atoms with E-state index in [0.717, 1.165) is 11.8 Å². The van der Waals surface area contributed by atoms with Gasteiger partial charge in [0.25, 0.3) is 11.6 Å². The molecule has 1 aromatic carbocycles. The second-order valence-corrected chi connectivity index (χ2v) is 8.22. The monoisotopic (exact) mass is 374 g/mol. The van der Waals surface area contributed by atoms with Crippen molar-refractivity contribution in [1.82, 2.24) is 16.2 Å². The lowest BCUT2D eigenvalue weighted by atomic mass is 9.54. The third-order valence-electron chi connectivity index (χ3n) is 6.15. The summed E-state index contributed by atoms with van der Waals surface area (Å²) in [5.74, 6) is 2.81. The molecule has 138 valence electrons. The minimum absolute atomic E-state index is 0.0476. The first-order valence-electron chi connectivity index (χ1n) is 9.11. The summed E-state index contributed by atoms with van der Waals surface area (Å²) in [5.41, 5.74) is 5.61. The summed E-state index contributed by atoms with van der Waals surface area (Å²) in [6.45, 7) is 0. The predicted molar refractivity (Wildman–Crippen MR) is 100 cm³/mol. The van der Waals surface area contributed by atoms with Gasteiger partial charge in [-0.15, -0.1) is 0 Å². The summed E-state index contributed by atoms with van der Waals surface area (Å²) in [6, 6.07) is 5.85. The molecule has 0 unspecified atom stereocenters. The van der Waals surface area contributed by atoms with Crippen LogP contribution in [0.4, 0.5) is 5.69 Å². The van der Waals surface area contributed by atoms with Gasteiger partial charge in [0.05, 0.1) is 4.92 Å². The van der Waals surface area contributed by atoms with Crippen molar-refractivity contribution in [2.24, 2.45) is 23.7 Å². The lowest BCUT2D eigenvalue weighted by Crippen LogP contribution is -2.59. The van der Waals surface area contributed by atoms with Crippen molar-refractivity contribution < 1.29 is 9.72 Å². The Kier molecular flexibility index (Phi) is 4.52. The number of benzene rings is 1. The van der Waals surface area contributed by atoms with Crippen molar-refractivity contribution in [3.63, 3.8) is 0 Å². The highest BCUT2D eigenvalue weighted by Crippen LogP contribution is 2.53. The van der Waals surface area contributed by atoms with E-state index in [2.05, 4.69) is 16.2 Å². The van der Waals surface area contributed by atoms with Crippen LogP contribution >= 0.6 is 12.2 Å². The van der Waals surface area contributed by atoms with Crippen LogP contribution in [0.25, 0.3) is 0 Å². The molecule has 5 rings (SSSR count). The topological polar surface area (TPSA) is 96.3 Å². The molecule has 4 bridgehead atoms. The van der Waals surface area contributed by atoms with Gasteiger partial charge in [-0.2, -0.15) is 0 Å². The van der Waals surface area contributed by atoms with Gasteiger partial charge in [0.15, 0.2) is 5.11 Å². The Morgan fingerprint density at radius 3 is 2.12 bits per heavy atom. The van der Waals surface area contributed by atoms with Gasteiger partial charge in [0.1, 0.15) is 0 Å². The third kappa shape index (κ3) is 3.38. The molecule has 3 N–H and O–H groups in total. The van der Waals surface area contributed by atoms with Gasteiger partial charge < -0.3 is 5.32 Å². The molecule has 4 aliphatic rings. The minimum atomic E-state index is -0.496. The zero-order valence-corrected chi connectivity index (χ0v) is 15.1. The second kappa shape index (κ2) is 6.83. The number of non-ortho nitro benzene ring substituents is 1. The molecular formula is C18H22N4O3S. The molecule has 7 nitrogen and oxygen atoms in total. The molecule has 0 radical (unpaired) electrons. The predicted octanol–water partition coefficient (Wildman–Crippen LogP) is 2.53. The molecule has 0 atom stereocenters. The fraction of sp³-hybridized carbons (Fsp3) is 0.556. The summed E-state index contributed by atoms with van der Waals surface area (Å²) < 4.78 is 0. The molecule has 26 heavy (non-hydrogen) atoms. The number of amides is 1. The minimum Gasteiger partial charge on any atom is -0.358 e. The van der Waals surface area contributed by atoms with Gasteiger partial charge in [0, 0.05) is 23.7 Å². The second-order valence-electron chi connectivity index (χ2n) is 7.81. The van der Waals surface area contributed by atoms with Crippen LogP contribution < -0.4 is 16.2 Å². The number of hydrazine groups is 1. The maximum Gasteiger partial charge on any atom is 0.269 e. The van der Waals surface area contributed by atoms with Crippen LogP contribution in [-0.4, -0.2) is 22.0 Å². The Balaban J connectivity index is 1.29. The number of nitrogens with one attached hydrogen (secondary N) is 3. The first kappa shape index (κ1) is 17.2. The Morgan fingerprint density at radius 2 is 1.58 bits per heavy atom. The lowest BCUT2D eigenvalue weighted by Gasteiger charge is -2.54. The summed E-state index contributed by atoms with van der Waals surface area (Å²) in [7, 11) is 0. The highest BCUT2D eigenvalue weighted by atomic mass is 32.1. The van der Waals surface area contributed by atoms with Crippen LogP contribution in [0.15, 0.2) is 24.3 Å². The molecule has 4 fully saturated rings. The smallest absolute Gasteiger partial charge is 0.269 e. The number of carbonyl (C=O) groups is 1. The normalized spacial score (nSPS) is 31.3. The quantitative estimate of drug-likeness (QED) is 0.427. The van der Waals surface area contributed by atoms with Crippen LogP contribution in [0.2, 0.25) is 0 Å². The molecule has 1 amide bonds. The van der Waals surface area contributed by atoms with Crippen LogP contribution in [0.1, 0.15) is 42.5 Å². The van der Waals surface area contributed by atoms with E-state index in [0.29, 0.717) is 28.6 Å². The van der Waals surface area contributed by atoms with Crippen molar-refractivity contribution in [3.8, 4) is 0 Å². The average molecular weight is 374 g/mol. The number of carbonyl (C=O) groups excluding carboxylic acids is 1. The van der Waals surface area contributed by atoms with Gasteiger partial charge in [-0.05, 0) is 80.1 Å². The highest BCUT2D eigenvalue weighted by Gasteiger charge is 2.48. The Labute approximate surface area is 157 Å². The van der Waals surface area contributed by atoms with Crippen molar-refractivity contribution >= 4 is 28.9 Å². The molecule has 1 aromatic rings. The average Bonchev–Trinajstić information content (AvgIpc) is 2.62. The number of nitrogens with zero attached hydrogens (tertiary/aromatic N) is 1. The number of rotatable bonds is 3. The molecule has 0 aromatic heterocycles. The molecule has 0 heterocycles. The first-order valence-corrected chi connectivity index (χ1v) is 9.51. The molecule has 0 saturated heterocycles. The van der Waals surface area contributed by atoms with Crippen molar-refractivity contribution in [2.45, 2.75) is 38.1 Å². The van der Waals surface area contributed by atoms with Crippen LogP contribution in [0.5, 0.6) is 0 Å². The Bertz CT molecular complexity index is 708.